The number of aromatic nitrogens is 1. The SMILES string of the molecule is CCN1CCN(S(=O)(=O)c2cccc(NC(=O)CCc3nc4ccccc4s3)c2)CC1. The highest BCUT2D eigenvalue weighted by atomic mass is 32.2. The van der Waals surface area contributed by atoms with Crippen LogP contribution in [-0.4, -0.2) is 61.2 Å². The van der Waals surface area contributed by atoms with Gasteiger partial charge in [0, 0.05) is 44.7 Å². The number of carbonyl (C=O) groups excluding carboxylic acids is 1. The number of piperazine rings is 1. The van der Waals surface area contributed by atoms with E-state index in [0.717, 1.165) is 34.9 Å². The number of nitrogens with one attached hydrogen (secondary N) is 1. The third-order valence-corrected chi connectivity index (χ3v) is 8.43. The van der Waals surface area contributed by atoms with Crippen molar-refractivity contribution in [3.05, 3.63) is 53.5 Å². The number of anilines is 1. The van der Waals surface area contributed by atoms with Crippen LogP contribution in [0.15, 0.2) is 53.4 Å². The van der Waals surface area contributed by atoms with Gasteiger partial charge in [-0.2, -0.15) is 4.31 Å². The lowest BCUT2D eigenvalue weighted by Crippen LogP contribution is -2.48. The fourth-order valence-electron chi connectivity index (χ4n) is 3.64. The molecule has 1 aliphatic heterocycles. The van der Waals surface area contributed by atoms with Crippen LogP contribution in [0.4, 0.5) is 5.69 Å². The molecule has 164 valence electrons. The van der Waals surface area contributed by atoms with E-state index in [2.05, 4.69) is 22.1 Å². The average Bonchev–Trinajstić information content (AvgIpc) is 3.21. The van der Waals surface area contributed by atoms with Crippen molar-refractivity contribution in [2.45, 2.75) is 24.7 Å². The minimum absolute atomic E-state index is 0.162. The minimum Gasteiger partial charge on any atom is -0.326 e. The van der Waals surface area contributed by atoms with Crippen LogP contribution in [0.5, 0.6) is 0 Å². The number of rotatable bonds is 7. The highest BCUT2D eigenvalue weighted by molar-refractivity contribution is 7.89. The van der Waals surface area contributed by atoms with Crippen LogP contribution in [0, 0.1) is 0 Å². The van der Waals surface area contributed by atoms with Crippen molar-refractivity contribution in [3.63, 3.8) is 0 Å². The molecule has 1 N–H and O–H groups in total. The number of amides is 1. The second-order valence-electron chi connectivity index (χ2n) is 7.49. The molecule has 7 nitrogen and oxygen atoms in total. The quantitative estimate of drug-likeness (QED) is 0.588. The molecule has 0 unspecified atom stereocenters. The Morgan fingerprint density at radius 3 is 2.61 bits per heavy atom. The number of sulfonamides is 1. The number of para-hydroxylation sites is 1. The molecule has 0 spiro atoms. The number of benzene rings is 2. The number of carbonyl (C=O) groups is 1. The third-order valence-electron chi connectivity index (χ3n) is 5.44. The molecule has 1 fully saturated rings. The molecule has 0 saturated carbocycles. The summed E-state index contributed by atoms with van der Waals surface area (Å²) in [4.78, 5) is 19.4. The molecule has 0 radical (unpaired) electrons. The fraction of sp³-hybridized carbons (Fsp3) is 0.364. The number of thiazole rings is 1. The number of nitrogens with zero attached hydrogens (tertiary/aromatic N) is 3. The van der Waals surface area contributed by atoms with Crippen molar-refractivity contribution >= 4 is 43.2 Å². The average molecular weight is 459 g/mol. The first-order valence-corrected chi connectivity index (χ1v) is 12.7. The lowest BCUT2D eigenvalue weighted by molar-refractivity contribution is -0.116. The van der Waals surface area contributed by atoms with E-state index in [1.807, 2.05) is 24.3 Å². The van der Waals surface area contributed by atoms with Crippen molar-refractivity contribution in [3.8, 4) is 0 Å². The van der Waals surface area contributed by atoms with Gasteiger partial charge in [0.05, 0.1) is 20.1 Å². The standard InChI is InChI=1S/C22H26N4O3S2/c1-2-25-12-14-26(15-13-25)31(28,29)18-7-5-6-17(16-18)23-21(27)10-11-22-24-19-8-3-4-9-20(19)30-22/h3-9,16H,2,10-15H2,1H3,(H,23,27). The van der Waals surface area contributed by atoms with Gasteiger partial charge >= 0.3 is 0 Å². The summed E-state index contributed by atoms with van der Waals surface area (Å²) in [5, 5.41) is 3.74. The Bertz CT molecular complexity index is 1140. The summed E-state index contributed by atoms with van der Waals surface area (Å²) >= 11 is 1.59. The molecule has 0 bridgehead atoms. The van der Waals surface area contributed by atoms with Gasteiger partial charge < -0.3 is 10.2 Å². The second-order valence-corrected chi connectivity index (χ2v) is 10.5. The summed E-state index contributed by atoms with van der Waals surface area (Å²) in [5.41, 5.74) is 1.43. The summed E-state index contributed by atoms with van der Waals surface area (Å²) in [6.45, 7) is 5.43. The van der Waals surface area contributed by atoms with E-state index in [9.17, 15) is 13.2 Å². The van der Waals surface area contributed by atoms with Gasteiger partial charge in [-0.05, 0) is 36.9 Å². The van der Waals surface area contributed by atoms with E-state index in [1.54, 1.807) is 29.5 Å². The molecule has 31 heavy (non-hydrogen) atoms. The normalized spacial score (nSPS) is 15.9. The fourth-order valence-corrected chi connectivity index (χ4v) is 6.08. The molecule has 9 heteroatoms. The van der Waals surface area contributed by atoms with Gasteiger partial charge in [0.25, 0.3) is 0 Å². The summed E-state index contributed by atoms with van der Waals surface area (Å²) < 4.78 is 28.6. The molecular weight excluding hydrogens is 432 g/mol. The lowest BCUT2D eigenvalue weighted by atomic mass is 10.2. The van der Waals surface area contributed by atoms with Gasteiger partial charge in [0.15, 0.2) is 0 Å². The topological polar surface area (TPSA) is 82.6 Å². The van der Waals surface area contributed by atoms with Crippen molar-refractivity contribution in [2.75, 3.05) is 38.0 Å². The molecular formula is C22H26N4O3S2. The van der Waals surface area contributed by atoms with Crippen LogP contribution in [0.25, 0.3) is 10.2 Å². The van der Waals surface area contributed by atoms with Crippen molar-refractivity contribution < 1.29 is 13.2 Å². The summed E-state index contributed by atoms with van der Waals surface area (Å²) in [7, 11) is -3.58. The molecule has 1 aliphatic rings. The van der Waals surface area contributed by atoms with E-state index in [1.165, 1.54) is 10.4 Å². The Balaban J connectivity index is 1.38. The minimum atomic E-state index is -3.58. The van der Waals surface area contributed by atoms with E-state index in [0.29, 0.717) is 25.2 Å². The molecule has 1 aromatic heterocycles. The summed E-state index contributed by atoms with van der Waals surface area (Å²) in [5.74, 6) is -0.162. The van der Waals surface area contributed by atoms with Crippen LogP contribution in [0.2, 0.25) is 0 Å². The first-order chi connectivity index (χ1) is 15.0. The largest absolute Gasteiger partial charge is 0.326 e. The first kappa shape index (κ1) is 21.9. The van der Waals surface area contributed by atoms with Gasteiger partial charge in [-0.3, -0.25) is 4.79 Å². The van der Waals surface area contributed by atoms with E-state index in [-0.39, 0.29) is 17.2 Å². The van der Waals surface area contributed by atoms with Crippen LogP contribution in [0.3, 0.4) is 0 Å². The Labute approximate surface area is 186 Å². The van der Waals surface area contributed by atoms with Crippen molar-refractivity contribution in [1.29, 1.82) is 0 Å². The molecule has 1 amide bonds. The molecule has 2 heterocycles. The van der Waals surface area contributed by atoms with Crippen LogP contribution in [-0.2, 0) is 21.2 Å². The van der Waals surface area contributed by atoms with Gasteiger partial charge in [-0.1, -0.05) is 25.1 Å². The molecule has 0 atom stereocenters. The van der Waals surface area contributed by atoms with Gasteiger partial charge in [0.2, 0.25) is 15.9 Å². The maximum atomic E-state index is 13.0. The number of hydrogen-bond donors (Lipinski definition) is 1. The van der Waals surface area contributed by atoms with Crippen molar-refractivity contribution in [2.24, 2.45) is 0 Å². The predicted octanol–water partition coefficient (Wildman–Crippen LogP) is 3.19. The Morgan fingerprint density at radius 1 is 1.10 bits per heavy atom. The zero-order valence-corrected chi connectivity index (χ0v) is 19.1. The molecule has 2 aromatic carbocycles. The monoisotopic (exact) mass is 458 g/mol. The van der Waals surface area contributed by atoms with E-state index >= 15 is 0 Å². The Kier molecular flexibility index (Phi) is 6.66. The Hall–Kier alpha value is -2.33. The second kappa shape index (κ2) is 9.44. The van der Waals surface area contributed by atoms with E-state index in [4.69, 9.17) is 0 Å². The van der Waals surface area contributed by atoms with Gasteiger partial charge in [-0.15, -0.1) is 11.3 Å². The molecule has 1 saturated heterocycles. The number of aryl methyl sites for hydroxylation is 1. The third kappa shape index (κ3) is 5.12. The van der Waals surface area contributed by atoms with Crippen LogP contribution < -0.4 is 5.32 Å². The zero-order valence-electron chi connectivity index (χ0n) is 17.5. The smallest absolute Gasteiger partial charge is 0.243 e. The highest BCUT2D eigenvalue weighted by Gasteiger charge is 2.28. The zero-order chi connectivity index (χ0) is 21.8. The van der Waals surface area contributed by atoms with Gasteiger partial charge in [0.1, 0.15) is 0 Å². The number of likely N-dealkylation sites (N-methyl/N-ethyl adjacent to an activating group) is 1. The Morgan fingerprint density at radius 2 is 1.87 bits per heavy atom. The summed E-state index contributed by atoms with van der Waals surface area (Å²) in [6, 6.07) is 14.4. The maximum absolute atomic E-state index is 13.0. The van der Waals surface area contributed by atoms with Gasteiger partial charge in [-0.25, -0.2) is 13.4 Å². The number of hydrogen-bond acceptors (Lipinski definition) is 6. The lowest BCUT2D eigenvalue weighted by Gasteiger charge is -2.33. The molecule has 3 aromatic rings. The molecule has 0 aliphatic carbocycles. The van der Waals surface area contributed by atoms with Crippen LogP contribution >= 0.6 is 11.3 Å². The van der Waals surface area contributed by atoms with Crippen molar-refractivity contribution in [1.82, 2.24) is 14.2 Å². The maximum Gasteiger partial charge on any atom is 0.243 e. The summed E-state index contributed by atoms with van der Waals surface area (Å²) in [6.07, 6.45) is 0.834. The van der Waals surface area contributed by atoms with E-state index < -0.39 is 10.0 Å². The number of fused-ring (bicyclic) bond motifs is 1. The van der Waals surface area contributed by atoms with Crippen LogP contribution in [0.1, 0.15) is 18.4 Å². The predicted molar refractivity (Wildman–Crippen MR) is 124 cm³/mol. The first-order valence-electron chi connectivity index (χ1n) is 10.4. The molecule has 4 rings (SSSR count). The highest BCUT2D eigenvalue weighted by Crippen LogP contribution is 2.23.